The van der Waals surface area contributed by atoms with Crippen LogP contribution in [0.2, 0.25) is 0 Å². The second kappa shape index (κ2) is 8.89. The van der Waals surface area contributed by atoms with Gasteiger partial charge in [-0.05, 0) is 32.9 Å². The molecule has 1 aromatic heterocycles. The zero-order valence-electron chi connectivity index (χ0n) is 18.7. The minimum atomic E-state index is -1.48. The van der Waals surface area contributed by atoms with E-state index in [0.717, 1.165) is 0 Å². The summed E-state index contributed by atoms with van der Waals surface area (Å²) in [5.41, 5.74) is 3.07. The molecule has 1 fully saturated rings. The van der Waals surface area contributed by atoms with E-state index >= 15 is 0 Å². The number of amides is 2. The van der Waals surface area contributed by atoms with Crippen molar-refractivity contribution < 1.29 is 43.2 Å². The summed E-state index contributed by atoms with van der Waals surface area (Å²) in [5.74, 6) is -0.855. The number of fused-ring (bicyclic) bond motifs is 1. The lowest BCUT2D eigenvalue weighted by Crippen LogP contribution is -2.65. The highest BCUT2D eigenvalue weighted by Gasteiger charge is 2.53. The number of rotatable bonds is 5. The largest absolute Gasteiger partial charge is 0.505 e. The first-order chi connectivity index (χ1) is 15.4. The third-order valence-corrected chi connectivity index (χ3v) is 5.32. The monoisotopic (exact) mass is 466 g/mol. The number of aliphatic hydroxyl groups excluding tert-OH is 1. The Morgan fingerprint density at radius 2 is 1.94 bits per heavy atom. The quantitative estimate of drug-likeness (QED) is 0.466. The molecule has 0 aliphatic carbocycles. The van der Waals surface area contributed by atoms with Gasteiger partial charge < -0.3 is 44.6 Å². The molecule has 12 nitrogen and oxygen atoms in total. The van der Waals surface area contributed by atoms with Crippen molar-refractivity contribution in [2.24, 2.45) is 5.73 Å². The van der Waals surface area contributed by atoms with Crippen LogP contribution in [0.4, 0.5) is 10.5 Å². The summed E-state index contributed by atoms with van der Waals surface area (Å²) in [6.07, 6.45) is -5.94. The van der Waals surface area contributed by atoms with Gasteiger partial charge in [0.25, 0.3) is 0 Å². The first-order valence-corrected chi connectivity index (χ1v) is 9.95. The number of carbonyl (C=O) groups is 2. The summed E-state index contributed by atoms with van der Waals surface area (Å²) in [7, 11) is 1.37. The predicted molar refractivity (Wildman–Crippen MR) is 114 cm³/mol. The average Bonchev–Trinajstić information content (AvgIpc) is 2.70. The SMILES string of the molecule is CO[C@@H]1[C@@H](OC(N)=O)C(O)[C@H](Oc2ccc3c(O)c(NC(C)=O)c(=O)oc3c2C)OC1(C)C. The van der Waals surface area contributed by atoms with Crippen molar-refractivity contribution in [3.63, 3.8) is 0 Å². The topological polar surface area (TPSA) is 180 Å². The van der Waals surface area contributed by atoms with E-state index in [2.05, 4.69) is 5.32 Å². The van der Waals surface area contributed by atoms with Gasteiger partial charge in [-0.15, -0.1) is 0 Å². The van der Waals surface area contributed by atoms with E-state index in [9.17, 15) is 24.6 Å². The van der Waals surface area contributed by atoms with Crippen LogP contribution in [0.5, 0.6) is 11.5 Å². The molecule has 33 heavy (non-hydrogen) atoms. The highest BCUT2D eigenvalue weighted by molar-refractivity contribution is 5.97. The number of aliphatic hydroxyl groups is 1. The maximum atomic E-state index is 12.3. The molecular weight excluding hydrogens is 440 g/mol. The van der Waals surface area contributed by atoms with Crippen molar-refractivity contribution >= 4 is 28.7 Å². The van der Waals surface area contributed by atoms with Crippen LogP contribution in [-0.2, 0) is 19.0 Å². The summed E-state index contributed by atoms with van der Waals surface area (Å²) in [5, 5.41) is 23.6. The molecule has 1 saturated heterocycles. The fraction of sp³-hybridized carbons (Fsp3) is 0.476. The smallest absolute Gasteiger partial charge is 0.404 e. The zero-order chi connectivity index (χ0) is 24.7. The number of ether oxygens (including phenoxy) is 4. The van der Waals surface area contributed by atoms with E-state index in [-0.39, 0.29) is 22.4 Å². The molecule has 1 aliphatic rings. The maximum absolute atomic E-state index is 12.3. The van der Waals surface area contributed by atoms with Gasteiger partial charge in [0.15, 0.2) is 23.6 Å². The van der Waals surface area contributed by atoms with Gasteiger partial charge in [-0.1, -0.05) is 0 Å². The van der Waals surface area contributed by atoms with Crippen LogP contribution < -0.4 is 21.4 Å². The third kappa shape index (κ3) is 4.58. The molecule has 1 aliphatic heterocycles. The number of carbonyl (C=O) groups excluding carboxylic acids is 2. The summed E-state index contributed by atoms with van der Waals surface area (Å²) < 4.78 is 27.4. The number of hydrogen-bond acceptors (Lipinski definition) is 10. The van der Waals surface area contributed by atoms with E-state index in [0.29, 0.717) is 5.56 Å². The Balaban J connectivity index is 2.00. The number of primary amides is 1. The Labute approximate surface area is 188 Å². The van der Waals surface area contributed by atoms with Gasteiger partial charge in [0, 0.05) is 19.6 Å². The molecule has 4 atom stereocenters. The number of nitrogens with two attached hydrogens (primary N) is 1. The normalized spacial score (nSPS) is 24.3. The Bertz CT molecular complexity index is 1140. The molecule has 0 radical (unpaired) electrons. The number of nitrogens with one attached hydrogen (secondary N) is 1. The van der Waals surface area contributed by atoms with Crippen molar-refractivity contribution in [3.05, 3.63) is 28.1 Å². The Kier molecular flexibility index (Phi) is 6.54. The number of benzene rings is 1. The molecule has 2 aromatic rings. The van der Waals surface area contributed by atoms with Crippen LogP contribution in [0, 0.1) is 6.92 Å². The molecule has 5 N–H and O–H groups in total. The standard InChI is InChI=1S/C21H26N2O10/c1-8-11(7-6-10-13(25)12(23-9(2)24)18(27)31-15(8)10)30-19-14(26)16(32-20(22)28)17(29-5)21(3,4)33-19/h6-7,14,16-17,19,25-26H,1-5H3,(H2,22,28)(H,23,24)/t14?,16-,17+,19+/m0/s1. The molecule has 1 aromatic carbocycles. The van der Waals surface area contributed by atoms with Crippen molar-refractivity contribution in [2.45, 2.75) is 57.9 Å². The number of anilines is 1. The lowest BCUT2D eigenvalue weighted by molar-refractivity contribution is -0.304. The predicted octanol–water partition coefficient (Wildman–Crippen LogP) is 1.12. The molecule has 180 valence electrons. The van der Waals surface area contributed by atoms with Gasteiger partial charge in [0.1, 0.15) is 17.4 Å². The second-order valence-corrected chi connectivity index (χ2v) is 8.12. The number of methoxy groups -OCH3 is 1. The van der Waals surface area contributed by atoms with E-state index in [1.54, 1.807) is 20.8 Å². The van der Waals surface area contributed by atoms with Gasteiger partial charge >= 0.3 is 11.7 Å². The highest BCUT2D eigenvalue weighted by Crippen LogP contribution is 2.38. The van der Waals surface area contributed by atoms with Gasteiger partial charge in [-0.3, -0.25) is 4.79 Å². The third-order valence-electron chi connectivity index (χ3n) is 5.32. The molecule has 1 unspecified atom stereocenters. The first-order valence-electron chi connectivity index (χ1n) is 9.95. The average molecular weight is 466 g/mol. The summed E-state index contributed by atoms with van der Waals surface area (Å²) in [6, 6.07) is 2.88. The van der Waals surface area contributed by atoms with Gasteiger partial charge in [-0.25, -0.2) is 9.59 Å². The lowest BCUT2D eigenvalue weighted by Gasteiger charge is -2.47. The number of aryl methyl sites for hydroxylation is 1. The second-order valence-electron chi connectivity index (χ2n) is 8.12. The Hall–Kier alpha value is -3.35. The van der Waals surface area contributed by atoms with Crippen LogP contribution in [0.25, 0.3) is 11.0 Å². The van der Waals surface area contributed by atoms with Crippen LogP contribution >= 0.6 is 0 Å². The van der Waals surface area contributed by atoms with E-state index in [4.69, 9.17) is 29.1 Å². The van der Waals surface area contributed by atoms with Gasteiger partial charge in [0.2, 0.25) is 12.2 Å². The van der Waals surface area contributed by atoms with E-state index in [1.165, 1.54) is 26.2 Å². The maximum Gasteiger partial charge on any atom is 0.404 e. The molecule has 0 saturated carbocycles. The molecule has 12 heteroatoms. The lowest BCUT2D eigenvalue weighted by atomic mass is 9.89. The summed E-state index contributed by atoms with van der Waals surface area (Å²) in [4.78, 5) is 35.0. The van der Waals surface area contributed by atoms with Crippen molar-refractivity contribution in [2.75, 3.05) is 12.4 Å². The van der Waals surface area contributed by atoms with Crippen LogP contribution in [0.3, 0.4) is 0 Å². The molecule has 0 spiro atoms. The van der Waals surface area contributed by atoms with Gasteiger partial charge in [-0.2, -0.15) is 0 Å². The minimum absolute atomic E-state index is 0.00775. The summed E-state index contributed by atoms with van der Waals surface area (Å²) in [6.45, 7) is 6.07. The first kappa shape index (κ1) is 24.3. The molecule has 2 heterocycles. The zero-order valence-corrected chi connectivity index (χ0v) is 18.7. The van der Waals surface area contributed by atoms with Crippen LogP contribution in [0.1, 0.15) is 26.3 Å². The van der Waals surface area contributed by atoms with Crippen molar-refractivity contribution in [1.82, 2.24) is 0 Å². The fourth-order valence-corrected chi connectivity index (χ4v) is 3.85. The summed E-state index contributed by atoms with van der Waals surface area (Å²) >= 11 is 0. The number of aromatic hydroxyl groups is 1. The Morgan fingerprint density at radius 1 is 1.27 bits per heavy atom. The van der Waals surface area contributed by atoms with E-state index < -0.39 is 53.6 Å². The molecular formula is C21H26N2O10. The van der Waals surface area contributed by atoms with Crippen molar-refractivity contribution in [1.29, 1.82) is 0 Å². The fourth-order valence-electron chi connectivity index (χ4n) is 3.85. The minimum Gasteiger partial charge on any atom is -0.505 e. The van der Waals surface area contributed by atoms with E-state index in [1.807, 2.05) is 0 Å². The van der Waals surface area contributed by atoms with Crippen LogP contribution in [-0.4, -0.2) is 59.5 Å². The van der Waals surface area contributed by atoms with Gasteiger partial charge in [0.05, 0.1) is 11.0 Å². The molecule has 2 amide bonds. The molecule has 0 bridgehead atoms. The molecule has 3 rings (SSSR count). The highest BCUT2D eigenvalue weighted by atomic mass is 16.7. The van der Waals surface area contributed by atoms with Crippen LogP contribution in [0.15, 0.2) is 21.3 Å². The number of hydrogen-bond donors (Lipinski definition) is 4. The van der Waals surface area contributed by atoms with Crippen molar-refractivity contribution in [3.8, 4) is 11.5 Å². The Morgan fingerprint density at radius 3 is 2.52 bits per heavy atom.